The van der Waals surface area contributed by atoms with Crippen molar-refractivity contribution >= 4 is 5.91 Å². The molecule has 0 heterocycles. The van der Waals surface area contributed by atoms with Crippen molar-refractivity contribution in [2.75, 3.05) is 27.3 Å². The lowest BCUT2D eigenvalue weighted by Crippen LogP contribution is -2.27. The van der Waals surface area contributed by atoms with Crippen LogP contribution in [0.5, 0.6) is 11.5 Å². The molecule has 0 aliphatic carbocycles. The summed E-state index contributed by atoms with van der Waals surface area (Å²) in [7, 11) is 3.19. The van der Waals surface area contributed by atoms with E-state index in [1.54, 1.807) is 14.2 Å². The highest BCUT2D eigenvalue weighted by Gasteiger charge is 2.05. The molecule has 1 aromatic rings. The molecule has 5 heteroatoms. The molecule has 0 unspecified atom stereocenters. The van der Waals surface area contributed by atoms with Gasteiger partial charge >= 0.3 is 0 Å². The number of carbonyl (C=O) groups excluding carboxylic acids is 1. The Labute approximate surface area is 114 Å². The van der Waals surface area contributed by atoms with E-state index in [0.29, 0.717) is 31.0 Å². The van der Waals surface area contributed by atoms with Gasteiger partial charge in [0, 0.05) is 19.5 Å². The van der Waals surface area contributed by atoms with Gasteiger partial charge in [-0.3, -0.25) is 4.79 Å². The van der Waals surface area contributed by atoms with Crippen LogP contribution in [-0.4, -0.2) is 33.2 Å². The van der Waals surface area contributed by atoms with Gasteiger partial charge in [0.2, 0.25) is 5.91 Å². The number of carbonyl (C=O) groups is 1. The summed E-state index contributed by atoms with van der Waals surface area (Å²) in [6.07, 6.45) is 0.487. The van der Waals surface area contributed by atoms with Crippen molar-refractivity contribution in [2.45, 2.75) is 19.9 Å². The summed E-state index contributed by atoms with van der Waals surface area (Å²) in [5.41, 5.74) is 0.981. The maximum absolute atomic E-state index is 11.6. The van der Waals surface area contributed by atoms with Crippen LogP contribution in [0.25, 0.3) is 0 Å². The molecule has 0 atom stereocenters. The van der Waals surface area contributed by atoms with Gasteiger partial charge in [0.1, 0.15) is 0 Å². The first-order chi connectivity index (χ1) is 9.21. The van der Waals surface area contributed by atoms with Crippen LogP contribution in [0.2, 0.25) is 0 Å². The molecule has 0 radical (unpaired) electrons. The van der Waals surface area contributed by atoms with Gasteiger partial charge < -0.3 is 20.1 Å². The van der Waals surface area contributed by atoms with E-state index < -0.39 is 0 Å². The van der Waals surface area contributed by atoms with Gasteiger partial charge in [0.05, 0.1) is 14.2 Å². The van der Waals surface area contributed by atoms with Crippen LogP contribution in [0, 0.1) is 0 Å². The summed E-state index contributed by atoms with van der Waals surface area (Å²) in [4.78, 5) is 11.6. The Bertz CT molecular complexity index is 408. The van der Waals surface area contributed by atoms with Gasteiger partial charge in [0.25, 0.3) is 0 Å². The minimum absolute atomic E-state index is 0.0377. The Kier molecular flexibility index (Phi) is 6.74. The zero-order chi connectivity index (χ0) is 14.1. The minimum Gasteiger partial charge on any atom is -0.493 e. The second-order valence-corrected chi connectivity index (χ2v) is 4.07. The van der Waals surface area contributed by atoms with E-state index >= 15 is 0 Å². The van der Waals surface area contributed by atoms with E-state index in [9.17, 15) is 4.79 Å². The van der Waals surface area contributed by atoms with Crippen LogP contribution in [0.4, 0.5) is 0 Å². The van der Waals surface area contributed by atoms with Crippen LogP contribution in [0.15, 0.2) is 18.2 Å². The van der Waals surface area contributed by atoms with E-state index in [1.807, 2.05) is 25.1 Å². The summed E-state index contributed by atoms with van der Waals surface area (Å²) < 4.78 is 10.4. The molecule has 0 fully saturated rings. The van der Waals surface area contributed by atoms with Crippen LogP contribution in [0.3, 0.4) is 0 Å². The molecule has 1 amide bonds. The molecule has 0 spiro atoms. The third-order valence-electron chi connectivity index (χ3n) is 2.72. The first-order valence-corrected chi connectivity index (χ1v) is 6.39. The number of hydrogen-bond donors (Lipinski definition) is 2. The Hall–Kier alpha value is -1.75. The zero-order valence-electron chi connectivity index (χ0n) is 11.8. The number of nitrogens with one attached hydrogen (secondary N) is 2. The Morgan fingerprint density at radius 1 is 1.21 bits per heavy atom. The lowest BCUT2D eigenvalue weighted by atomic mass is 10.2. The van der Waals surface area contributed by atoms with E-state index in [-0.39, 0.29) is 5.91 Å². The average Bonchev–Trinajstić information content (AvgIpc) is 2.45. The van der Waals surface area contributed by atoms with Crippen molar-refractivity contribution in [1.29, 1.82) is 0 Å². The third kappa shape index (κ3) is 5.18. The van der Waals surface area contributed by atoms with Crippen molar-refractivity contribution in [3.05, 3.63) is 23.8 Å². The maximum Gasteiger partial charge on any atom is 0.221 e. The van der Waals surface area contributed by atoms with Crippen LogP contribution in [-0.2, 0) is 11.3 Å². The minimum atomic E-state index is 0.0377. The second-order valence-electron chi connectivity index (χ2n) is 4.07. The van der Waals surface area contributed by atoms with Gasteiger partial charge in [-0.05, 0) is 24.2 Å². The Balaban J connectivity index is 2.47. The van der Waals surface area contributed by atoms with Gasteiger partial charge in [-0.1, -0.05) is 13.0 Å². The fourth-order valence-electron chi connectivity index (χ4n) is 1.66. The van der Waals surface area contributed by atoms with Crippen LogP contribution in [0.1, 0.15) is 18.9 Å². The number of ether oxygens (including phenoxy) is 2. The highest BCUT2D eigenvalue weighted by atomic mass is 16.5. The van der Waals surface area contributed by atoms with Crippen molar-refractivity contribution in [2.24, 2.45) is 0 Å². The highest BCUT2D eigenvalue weighted by Crippen LogP contribution is 2.27. The first kappa shape index (κ1) is 15.3. The maximum atomic E-state index is 11.6. The van der Waals surface area contributed by atoms with Gasteiger partial charge in [-0.25, -0.2) is 0 Å². The lowest BCUT2D eigenvalue weighted by molar-refractivity contribution is -0.121. The molecule has 0 aromatic heterocycles. The lowest BCUT2D eigenvalue weighted by Gasteiger charge is -2.10. The van der Waals surface area contributed by atoms with E-state index in [2.05, 4.69) is 10.6 Å². The molecule has 0 bridgehead atoms. The van der Waals surface area contributed by atoms with Crippen molar-refractivity contribution in [3.63, 3.8) is 0 Å². The molecule has 19 heavy (non-hydrogen) atoms. The predicted octanol–water partition coefficient (Wildman–Crippen LogP) is 1.32. The van der Waals surface area contributed by atoms with Crippen molar-refractivity contribution in [1.82, 2.24) is 10.6 Å². The zero-order valence-corrected chi connectivity index (χ0v) is 11.8. The summed E-state index contributed by atoms with van der Waals surface area (Å²) in [5.74, 6) is 1.39. The number of hydrogen-bond acceptors (Lipinski definition) is 4. The molecule has 1 rings (SSSR count). The molecule has 2 N–H and O–H groups in total. The normalized spacial score (nSPS) is 10.1. The number of rotatable bonds is 8. The Morgan fingerprint density at radius 2 is 1.95 bits per heavy atom. The number of methoxy groups -OCH3 is 2. The van der Waals surface area contributed by atoms with Gasteiger partial charge in [0.15, 0.2) is 11.5 Å². The second kappa shape index (κ2) is 8.37. The standard InChI is InChI=1S/C14H22N2O3/c1-4-15-8-7-14(17)16-10-11-5-6-12(18-2)13(9-11)19-3/h5-6,9,15H,4,7-8,10H2,1-3H3,(H,16,17). The molecule has 0 saturated carbocycles. The molecule has 0 aliphatic heterocycles. The topological polar surface area (TPSA) is 59.6 Å². The molecule has 1 aromatic carbocycles. The Morgan fingerprint density at radius 3 is 2.58 bits per heavy atom. The molecule has 0 saturated heterocycles. The summed E-state index contributed by atoms with van der Waals surface area (Å²) >= 11 is 0. The number of amides is 1. The fraction of sp³-hybridized carbons (Fsp3) is 0.500. The SMILES string of the molecule is CCNCCC(=O)NCc1ccc(OC)c(OC)c1. The fourth-order valence-corrected chi connectivity index (χ4v) is 1.66. The van der Waals surface area contributed by atoms with Crippen molar-refractivity contribution < 1.29 is 14.3 Å². The summed E-state index contributed by atoms with van der Waals surface area (Å²) in [5, 5.41) is 5.98. The largest absolute Gasteiger partial charge is 0.493 e. The van der Waals surface area contributed by atoms with Crippen LogP contribution >= 0.6 is 0 Å². The monoisotopic (exact) mass is 266 g/mol. The number of benzene rings is 1. The molecular weight excluding hydrogens is 244 g/mol. The van der Waals surface area contributed by atoms with Gasteiger partial charge in [-0.2, -0.15) is 0 Å². The predicted molar refractivity (Wildman–Crippen MR) is 74.6 cm³/mol. The van der Waals surface area contributed by atoms with Crippen molar-refractivity contribution in [3.8, 4) is 11.5 Å². The molecule has 5 nitrogen and oxygen atoms in total. The smallest absolute Gasteiger partial charge is 0.221 e. The van der Waals surface area contributed by atoms with Crippen LogP contribution < -0.4 is 20.1 Å². The van der Waals surface area contributed by atoms with E-state index in [4.69, 9.17) is 9.47 Å². The summed E-state index contributed by atoms with van der Waals surface area (Å²) in [6, 6.07) is 5.61. The highest BCUT2D eigenvalue weighted by molar-refractivity contribution is 5.76. The van der Waals surface area contributed by atoms with E-state index in [0.717, 1.165) is 12.1 Å². The molecular formula is C14H22N2O3. The molecule has 106 valence electrons. The average molecular weight is 266 g/mol. The van der Waals surface area contributed by atoms with Gasteiger partial charge in [-0.15, -0.1) is 0 Å². The first-order valence-electron chi connectivity index (χ1n) is 6.39. The summed E-state index contributed by atoms with van der Waals surface area (Å²) in [6.45, 7) is 4.09. The van der Waals surface area contributed by atoms with E-state index in [1.165, 1.54) is 0 Å². The molecule has 0 aliphatic rings. The quantitative estimate of drug-likeness (QED) is 0.697. The third-order valence-corrected chi connectivity index (χ3v) is 2.72.